The van der Waals surface area contributed by atoms with Gasteiger partial charge in [-0.25, -0.2) is 4.98 Å². The zero-order valence-electron chi connectivity index (χ0n) is 10.6. The molecule has 2 aromatic rings. The Balaban J connectivity index is 2.15. The summed E-state index contributed by atoms with van der Waals surface area (Å²) in [6.45, 7) is 0. The number of carbonyl (C=O) groups excluding carboxylic acids is 1. The van der Waals surface area contributed by atoms with Crippen LogP contribution in [0.5, 0.6) is 11.5 Å². The Kier molecular flexibility index (Phi) is 4.82. The normalized spacial score (nSPS) is 10.2. The van der Waals surface area contributed by atoms with Crippen molar-refractivity contribution in [3.63, 3.8) is 0 Å². The Bertz CT molecular complexity index is 632. The molecule has 0 atom stereocenters. The zero-order valence-corrected chi connectivity index (χ0v) is 12.1. The quantitative estimate of drug-likeness (QED) is 0.634. The molecule has 6 heteroatoms. The topological polar surface area (TPSA) is 48.4 Å². The fraction of sp³-hybridized carbons (Fsp3) is 0.143. The predicted molar refractivity (Wildman–Crippen MR) is 76.5 cm³/mol. The Labute approximate surface area is 126 Å². The maximum atomic E-state index is 11.2. The number of hydrogen-bond donors (Lipinski definition) is 0. The van der Waals surface area contributed by atoms with Crippen LogP contribution in [0, 0.1) is 0 Å². The number of nitrogens with zero attached hydrogens (tertiary/aromatic N) is 1. The molecule has 0 amide bonds. The summed E-state index contributed by atoms with van der Waals surface area (Å²) in [5.74, 6) is 0.686. The maximum Gasteiger partial charge on any atom is 0.309 e. The average molecular weight is 312 g/mol. The smallest absolute Gasteiger partial charge is 0.309 e. The summed E-state index contributed by atoms with van der Waals surface area (Å²) in [6.07, 6.45) is 1.70. The molecular formula is C14H11Cl2NO3. The summed E-state index contributed by atoms with van der Waals surface area (Å²) in [4.78, 5) is 15.0. The Morgan fingerprint density at radius 3 is 2.70 bits per heavy atom. The van der Waals surface area contributed by atoms with Crippen molar-refractivity contribution in [2.75, 3.05) is 7.11 Å². The summed E-state index contributed by atoms with van der Waals surface area (Å²) in [5.41, 5.74) is 0.752. The molecule has 0 fully saturated rings. The number of halogens is 2. The SMILES string of the molecule is COC(=O)Cc1ccc(Oc2ccnc(Cl)c2)c(Cl)c1. The molecule has 1 heterocycles. The van der Waals surface area contributed by atoms with Gasteiger partial charge in [0.1, 0.15) is 16.7 Å². The second kappa shape index (κ2) is 6.59. The number of ether oxygens (including phenoxy) is 2. The molecule has 1 aromatic heterocycles. The molecule has 0 unspecified atom stereocenters. The van der Waals surface area contributed by atoms with Gasteiger partial charge in [-0.3, -0.25) is 4.79 Å². The zero-order chi connectivity index (χ0) is 14.5. The highest BCUT2D eigenvalue weighted by molar-refractivity contribution is 6.32. The van der Waals surface area contributed by atoms with E-state index >= 15 is 0 Å². The number of pyridine rings is 1. The van der Waals surface area contributed by atoms with Gasteiger partial charge in [-0.05, 0) is 23.8 Å². The van der Waals surface area contributed by atoms with Gasteiger partial charge < -0.3 is 9.47 Å². The Morgan fingerprint density at radius 1 is 1.25 bits per heavy atom. The maximum absolute atomic E-state index is 11.2. The molecule has 0 N–H and O–H groups in total. The number of benzene rings is 1. The third kappa shape index (κ3) is 3.85. The number of methoxy groups -OCH3 is 1. The first-order valence-corrected chi connectivity index (χ1v) is 6.48. The first kappa shape index (κ1) is 14.6. The standard InChI is InChI=1S/C14H11Cl2NO3/c1-19-14(18)7-9-2-3-12(11(15)6-9)20-10-4-5-17-13(16)8-10/h2-6,8H,7H2,1H3. The van der Waals surface area contributed by atoms with Crippen molar-refractivity contribution >= 4 is 29.2 Å². The highest BCUT2D eigenvalue weighted by atomic mass is 35.5. The van der Waals surface area contributed by atoms with E-state index in [1.54, 1.807) is 30.3 Å². The summed E-state index contributed by atoms with van der Waals surface area (Å²) < 4.78 is 10.2. The fourth-order valence-electron chi connectivity index (χ4n) is 1.55. The molecule has 20 heavy (non-hydrogen) atoms. The van der Waals surface area contributed by atoms with Gasteiger partial charge in [-0.1, -0.05) is 29.3 Å². The first-order valence-electron chi connectivity index (χ1n) is 5.73. The lowest BCUT2D eigenvalue weighted by Crippen LogP contribution is -2.04. The fourth-order valence-corrected chi connectivity index (χ4v) is 1.96. The van der Waals surface area contributed by atoms with Gasteiger partial charge in [-0.15, -0.1) is 0 Å². The van der Waals surface area contributed by atoms with E-state index in [4.69, 9.17) is 27.9 Å². The monoisotopic (exact) mass is 311 g/mol. The first-order chi connectivity index (χ1) is 9.58. The van der Waals surface area contributed by atoms with Crippen molar-refractivity contribution < 1.29 is 14.3 Å². The van der Waals surface area contributed by atoms with Crippen LogP contribution in [0.25, 0.3) is 0 Å². The number of esters is 1. The van der Waals surface area contributed by atoms with Gasteiger partial charge in [0.15, 0.2) is 0 Å². The van der Waals surface area contributed by atoms with Crippen molar-refractivity contribution in [3.05, 3.63) is 52.3 Å². The highest BCUT2D eigenvalue weighted by Gasteiger charge is 2.08. The molecule has 0 radical (unpaired) electrons. The van der Waals surface area contributed by atoms with Crippen LogP contribution in [-0.4, -0.2) is 18.1 Å². The molecule has 0 aliphatic rings. The van der Waals surface area contributed by atoms with Crippen molar-refractivity contribution in [1.82, 2.24) is 4.98 Å². The Hall–Kier alpha value is -1.78. The molecular weight excluding hydrogens is 301 g/mol. The molecule has 0 spiro atoms. The molecule has 0 saturated heterocycles. The highest BCUT2D eigenvalue weighted by Crippen LogP contribution is 2.30. The summed E-state index contributed by atoms with van der Waals surface area (Å²) >= 11 is 11.9. The Morgan fingerprint density at radius 2 is 2.05 bits per heavy atom. The number of rotatable bonds is 4. The van der Waals surface area contributed by atoms with Gasteiger partial charge in [0.25, 0.3) is 0 Å². The van der Waals surface area contributed by atoms with Gasteiger partial charge in [0.2, 0.25) is 0 Å². The van der Waals surface area contributed by atoms with E-state index in [0.29, 0.717) is 21.7 Å². The summed E-state index contributed by atoms with van der Waals surface area (Å²) in [7, 11) is 1.34. The average Bonchev–Trinajstić information content (AvgIpc) is 2.42. The van der Waals surface area contributed by atoms with Crippen LogP contribution < -0.4 is 4.74 Å². The lowest BCUT2D eigenvalue weighted by atomic mass is 10.1. The van der Waals surface area contributed by atoms with Gasteiger partial charge in [0.05, 0.1) is 18.6 Å². The molecule has 0 saturated carbocycles. The van der Waals surface area contributed by atoms with Gasteiger partial charge in [0, 0.05) is 12.3 Å². The second-order valence-electron chi connectivity index (χ2n) is 3.93. The number of aromatic nitrogens is 1. The largest absolute Gasteiger partial charge is 0.469 e. The number of carbonyl (C=O) groups is 1. The van der Waals surface area contributed by atoms with E-state index in [1.807, 2.05) is 0 Å². The van der Waals surface area contributed by atoms with Gasteiger partial charge >= 0.3 is 5.97 Å². The van der Waals surface area contributed by atoms with Gasteiger partial charge in [-0.2, -0.15) is 0 Å². The van der Waals surface area contributed by atoms with Crippen LogP contribution >= 0.6 is 23.2 Å². The molecule has 2 rings (SSSR count). The molecule has 4 nitrogen and oxygen atoms in total. The van der Waals surface area contributed by atoms with Crippen molar-refractivity contribution in [2.24, 2.45) is 0 Å². The lowest BCUT2D eigenvalue weighted by Gasteiger charge is -2.09. The second-order valence-corrected chi connectivity index (χ2v) is 4.73. The minimum atomic E-state index is -0.323. The van der Waals surface area contributed by atoms with Crippen LogP contribution in [0.4, 0.5) is 0 Å². The number of hydrogen-bond acceptors (Lipinski definition) is 4. The van der Waals surface area contributed by atoms with E-state index in [0.717, 1.165) is 5.56 Å². The van der Waals surface area contributed by atoms with Crippen LogP contribution in [0.2, 0.25) is 10.2 Å². The van der Waals surface area contributed by atoms with E-state index in [1.165, 1.54) is 13.3 Å². The molecule has 1 aromatic carbocycles. The van der Waals surface area contributed by atoms with Crippen molar-refractivity contribution in [2.45, 2.75) is 6.42 Å². The van der Waals surface area contributed by atoms with Crippen LogP contribution in [0.1, 0.15) is 5.56 Å². The third-order valence-corrected chi connectivity index (χ3v) is 3.00. The van der Waals surface area contributed by atoms with E-state index in [2.05, 4.69) is 9.72 Å². The van der Waals surface area contributed by atoms with Crippen LogP contribution in [0.15, 0.2) is 36.5 Å². The molecule has 0 aliphatic carbocycles. The molecule has 0 bridgehead atoms. The van der Waals surface area contributed by atoms with E-state index in [9.17, 15) is 4.79 Å². The minimum absolute atomic E-state index is 0.164. The predicted octanol–water partition coefficient (Wildman–Crippen LogP) is 3.90. The third-order valence-electron chi connectivity index (χ3n) is 2.50. The summed E-state index contributed by atoms with van der Waals surface area (Å²) in [5, 5.41) is 0.736. The van der Waals surface area contributed by atoms with E-state index in [-0.39, 0.29) is 12.4 Å². The molecule has 0 aliphatic heterocycles. The van der Waals surface area contributed by atoms with Crippen molar-refractivity contribution in [1.29, 1.82) is 0 Å². The summed E-state index contributed by atoms with van der Waals surface area (Å²) in [6, 6.07) is 8.36. The van der Waals surface area contributed by atoms with Crippen LogP contribution in [0.3, 0.4) is 0 Å². The van der Waals surface area contributed by atoms with E-state index < -0.39 is 0 Å². The lowest BCUT2D eigenvalue weighted by molar-refractivity contribution is -0.139. The minimum Gasteiger partial charge on any atom is -0.469 e. The molecule has 104 valence electrons. The van der Waals surface area contributed by atoms with Crippen LogP contribution in [-0.2, 0) is 16.0 Å². The van der Waals surface area contributed by atoms with Crippen molar-refractivity contribution in [3.8, 4) is 11.5 Å².